The van der Waals surface area contributed by atoms with Gasteiger partial charge in [0.25, 0.3) is 0 Å². The van der Waals surface area contributed by atoms with Gasteiger partial charge in [-0.2, -0.15) is 0 Å². The third kappa shape index (κ3) is 3.75. The van der Waals surface area contributed by atoms with Crippen LogP contribution in [-0.2, 0) is 14.6 Å². The van der Waals surface area contributed by atoms with Crippen LogP contribution in [0.2, 0.25) is 0 Å². The number of carbonyl (C=O) groups excluding carboxylic acids is 1. The first-order valence-electron chi connectivity index (χ1n) is 5.77. The highest BCUT2D eigenvalue weighted by Gasteiger charge is 2.34. The summed E-state index contributed by atoms with van der Waals surface area (Å²) in [7, 11) is -3.20. The average Bonchev–Trinajstić information content (AvgIpc) is 2.23. The molecule has 0 saturated carbocycles. The Morgan fingerprint density at radius 1 is 1.31 bits per heavy atom. The fraction of sp³-hybridized carbons (Fsp3) is 0.900. The quantitative estimate of drug-likeness (QED) is 0.660. The van der Waals surface area contributed by atoms with Gasteiger partial charge in [-0.3, -0.25) is 4.79 Å². The van der Waals surface area contributed by atoms with Gasteiger partial charge in [0.15, 0.2) is 9.84 Å². The van der Waals surface area contributed by atoms with Crippen LogP contribution in [-0.4, -0.2) is 38.4 Å². The second-order valence-electron chi connectivity index (χ2n) is 4.14. The zero-order valence-electron chi connectivity index (χ0n) is 9.44. The summed E-state index contributed by atoms with van der Waals surface area (Å²) in [4.78, 5) is 11.7. The van der Waals surface area contributed by atoms with E-state index >= 15 is 0 Å². The first-order valence-corrected chi connectivity index (χ1v) is 7.49. The summed E-state index contributed by atoms with van der Waals surface area (Å²) in [5.74, 6) is -0.190. The smallest absolute Gasteiger partial charge is 0.238 e. The van der Waals surface area contributed by atoms with Gasteiger partial charge < -0.3 is 11.1 Å². The number of sulfone groups is 1. The molecule has 6 heteroatoms. The van der Waals surface area contributed by atoms with Crippen molar-refractivity contribution >= 4 is 15.7 Å². The van der Waals surface area contributed by atoms with Gasteiger partial charge in [-0.15, -0.1) is 0 Å². The molecule has 1 atom stereocenters. The molecule has 1 unspecified atom stereocenters. The molecule has 1 heterocycles. The van der Waals surface area contributed by atoms with Crippen LogP contribution in [0.5, 0.6) is 0 Å². The maximum atomic E-state index is 11.7. The zero-order valence-corrected chi connectivity index (χ0v) is 10.3. The van der Waals surface area contributed by atoms with E-state index in [2.05, 4.69) is 5.32 Å². The van der Waals surface area contributed by atoms with E-state index in [1.165, 1.54) is 0 Å². The average molecular weight is 248 g/mol. The van der Waals surface area contributed by atoms with E-state index in [1.54, 1.807) is 0 Å². The van der Waals surface area contributed by atoms with Crippen LogP contribution in [0.1, 0.15) is 32.1 Å². The molecule has 1 amide bonds. The Morgan fingerprint density at radius 2 is 2.06 bits per heavy atom. The highest BCUT2D eigenvalue weighted by atomic mass is 32.2. The fourth-order valence-electron chi connectivity index (χ4n) is 1.84. The Morgan fingerprint density at radius 3 is 2.69 bits per heavy atom. The molecule has 0 aliphatic carbocycles. The molecule has 0 spiro atoms. The normalized spacial score (nSPS) is 23.9. The van der Waals surface area contributed by atoms with E-state index in [4.69, 9.17) is 5.73 Å². The number of nitrogens with one attached hydrogen (secondary N) is 1. The van der Waals surface area contributed by atoms with Crippen LogP contribution in [0, 0.1) is 0 Å². The Balaban J connectivity index is 2.40. The van der Waals surface area contributed by atoms with E-state index in [0.29, 0.717) is 25.9 Å². The molecular weight excluding hydrogens is 228 g/mol. The number of hydrogen-bond donors (Lipinski definition) is 2. The first-order chi connectivity index (χ1) is 7.58. The van der Waals surface area contributed by atoms with Crippen LogP contribution >= 0.6 is 0 Å². The van der Waals surface area contributed by atoms with Crippen LogP contribution in [0.15, 0.2) is 0 Å². The second kappa shape index (κ2) is 6.20. The largest absolute Gasteiger partial charge is 0.355 e. The van der Waals surface area contributed by atoms with Crippen LogP contribution in [0.25, 0.3) is 0 Å². The number of rotatable bonds is 5. The van der Waals surface area contributed by atoms with Gasteiger partial charge in [0.05, 0.1) is 5.75 Å². The molecule has 1 fully saturated rings. The second-order valence-corrected chi connectivity index (χ2v) is 6.44. The first kappa shape index (κ1) is 13.4. The molecule has 0 aromatic heterocycles. The minimum atomic E-state index is -3.20. The molecule has 1 aliphatic rings. The Bertz CT molecular complexity index is 327. The van der Waals surface area contributed by atoms with Gasteiger partial charge in [-0.05, 0) is 32.2 Å². The van der Waals surface area contributed by atoms with Crippen molar-refractivity contribution in [3.8, 4) is 0 Å². The standard InChI is InChI=1S/C10H20N2O3S/c11-6-2-3-7-12-10(13)9-5-1-4-8-16(9,14)15/h9H,1-8,11H2,(H,12,13). The van der Waals surface area contributed by atoms with E-state index < -0.39 is 15.1 Å². The Labute approximate surface area is 96.7 Å². The van der Waals surface area contributed by atoms with Crippen molar-refractivity contribution < 1.29 is 13.2 Å². The Hall–Kier alpha value is -0.620. The summed E-state index contributed by atoms with van der Waals surface area (Å²) in [6, 6.07) is 0. The summed E-state index contributed by atoms with van der Waals surface area (Å²) >= 11 is 0. The highest BCUT2D eigenvalue weighted by molar-refractivity contribution is 7.92. The van der Waals surface area contributed by atoms with E-state index in [9.17, 15) is 13.2 Å². The Kier molecular flexibility index (Phi) is 5.21. The molecule has 1 aliphatic heterocycles. The molecule has 94 valence electrons. The molecular formula is C10H20N2O3S. The zero-order chi connectivity index (χ0) is 12.0. The predicted octanol–water partition coefficient (Wildman–Crippen LogP) is -0.191. The minimum absolute atomic E-state index is 0.147. The van der Waals surface area contributed by atoms with Crippen molar-refractivity contribution in [3.63, 3.8) is 0 Å². The lowest BCUT2D eigenvalue weighted by atomic mass is 10.2. The fourth-order valence-corrected chi connectivity index (χ4v) is 3.67. The molecule has 0 radical (unpaired) electrons. The third-order valence-corrected chi connectivity index (χ3v) is 4.98. The summed E-state index contributed by atoms with van der Waals surface area (Å²) < 4.78 is 23.3. The van der Waals surface area contributed by atoms with Crippen molar-refractivity contribution in [1.29, 1.82) is 0 Å². The number of carbonyl (C=O) groups is 1. The number of unbranched alkanes of at least 4 members (excludes halogenated alkanes) is 1. The lowest BCUT2D eigenvalue weighted by Gasteiger charge is -2.21. The maximum Gasteiger partial charge on any atom is 0.238 e. The van der Waals surface area contributed by atoms with Crippen molar-refractivity contribution in [1.82, 2.24) is 5.32 Å². The summed E-state index contributed by atoms with van der Waals surface area (Å²) in [5, 5.41) is 1.85. The van der Waals surface area contributed by atoms with Gasteiger partial charge >= 0.3 is 0 Å². The lowest BCUT2D eigenvalue weighted by molar-refractivity contribution is -0.120. The topological polar surface area (TPSA) is 89.3 Å². The van der Waals surface area contributed by atoms with Crippen molar-refractivity contribution in [2.75, 3.05) is 18.8 Å². The van der Waals surface area contributed by atoms with Crippen LogP contribution < -0.4 is 11.1 Å². The molecule has 16 heavy (non-hydrogen) atoms. The summed E-state index contributed by atoms with van der Waals surface area (Å²) in [6.45, 7) is 1.11. The minimum Gasteiger partial charge on any atom is -0.355 e. The van der Waals surface area contributed by atoms with Gasteiger partial charge in [0, 0.05) is 6.54 Å². The molecule has 0 aromatic rings. The van der Waals surface area contributed by atoms with Crippen molar-refractivity contribution in [2.45, 2.75) is 37.4 Å². The maximum absolute atomic E-state index is 11.7. The third-order valence-electron chi connectivity index (χ3n) is 2.80. The summed E-state index contributed by atoms with van der Waals surface area (Å²) in [6.07, 6.45) is 3.61. The van der Waals surface area contributed by atoms with Gasteiger partial charge in [-0.1, -0.05) is 6.42 Å². The summed E-state index contributed by atoms with van der Waals surface area (Å²) in [5.41, 5.74) is 5.32. The van der Waals surface area contributed by atoms with E-state index in [-0.39, 0.29) is 11.7 Å². The number of nitrogens with two attached hydrogens (primary N) is 1. The van der Waals surface area contributed by atoms with Crippen LogP contribution in [0.4, 0.5) is 0 Å². The van der Waals surface area contributed by atoms with Crippen LogP contribution in [0.3, 0.4) is 0 Å². The highest BCUT2D eigenvalue weighted by Crippen LogP contribution is 2.19. The van der Waals surface area contributed by atoms with Crippen molar-refractivity contribution in [2.24, 2.45) is 5.73 Å². The molecule has 0 bridgehead atoms. The molecule has 1 saturated heterocycles. The number of amides is 1. The SMILES string of the molecule is NCCCCNC(=O)C1CCCCS1(=O)=O. The molecule has 5 nitrogen and oxygen atoms in total. The van der Waals surface area contributed by atoms with Gasteiger partial charge in [0.2, 0.25) is 5.91 Å². The molecule has 1 rings (SSSR count). The number of hydrogen-bond acceptors (Lipinski definition) is 4. The van der Waals surface area contributed by atoms with E-state index in [0.717, 1.165) is 19.3 Å². The van der Waals surface area contributed by atoms with E-state index in [1.807, 2.05) is 0 Å². The molecule has 0 aromatic carbocycles. The van der Waals surface area contributed by atoms with Gasteiger partial charge in [0.1, 0.15) is 5.25 Å². The lowest BCUT2D eigenvalue weighted by Crippen LogP contribution is -2.43. The van der Waals surface area contributed by atoms with Crippen molar-refractivity contribution in [3.05, 3.63) is 0 Å². The van der Waals surface area contributed by atoms with Gasteiger partial charge in [-0.25, -0.2) is 8.42 Å². The molecule has 3 N–H and O–H groups in total. The monoisotopic (exact) mass is 248 g/mol. The predicted molar refractivity (Wildman–Crippen MR) is 62.7 cm³/mol.